The summed E-state index contributed by atoms with van der Waals surface area (Å²) in [4.78, 5) is 12.1. The summed E-state index contributed by atoms with van der Waals surface area (Å²) in [6.07, 6.45) is 2.48. The number of fused-ring (bicyclic) bond motifs is 1. The number of rotatable bonds is 4. The van der Waals surface area contributed by atoms with Gasteiger partial charge in [-0.1, -0.05) is 49.4 Å². The quantitative estimate of drug-likeness (QED) is 0.685. The molecule has 0 aromatic heterocycles. The average Bonchev–Trinajstić information content (AvgIpc) is 2.52. The summed E-state index contributed by atoms with van der Waals surface area (Å²) < 4.78 is 0. The Bertz CT molecular complexity index is 720. The van der Waals surface area contributed by atoms with Crippen molar-refractivity contribution >= 4 is 22.8 Å². The molecule has 2 rings (SSSR count). The molecule has 0 saturated carbocycles. The fraction of sp³-hybridized carbons (Fsp3) is 0.222. The lowest BCUT2D eigenvalue weighted by Crippen LogP contribution is -2.32. The molecule has 0 unspecified atom stereocenters. The third-order valence-corrected chi connectivity index (χ3v) is 3.48. The van der Waals surface area contributed by atoms with Crippen molar-refractivity contribution in [3.63, 3.8) is 0 Å². The maximum absolute atomic E-state index is 12.1. The van der Waals surface area contributed by atoms with Crippen LogP contribution in [0.3, 0.4) is 0 Å². The Morgan fingerprint density at radius 3 is 2.71 bits per heavy atom. The van der Waals surface area contributed by atoms with Crippen LogP contribution in [0.25, 0.3) is 16.8 Å². The van der Waals surface area contributed by atoms with E-state index in [2.05, 4.69) is 5.32 Å². The predicted molar refractivity (Wildman–Crippen MR) is 85.4 cm³/mol. The number of benzene rings is 2. The summed E-state index contributed by atoms with van der Waals surface area (Å²) in [5.41, 5.74) is 1.01. The molecular formula is C18H18N2O. The number of nitriles is 1. The maximum Gasteiger partial charge on any atom is 0.262 e. The smallest absolute Gasteiger partial charge is 0.262 e. The fourth-order valence-electron chi connectivity index (χ4n) is 2.08. The van der Waals surface area contributed by atoms with Gasteiger partial charge in [0.25, 0.3) is 5.91 Å². The highest BCUT2D eigenvalue weighted by Gasteiger charge is 2.11. The molecule has 3 heteroatoms. The first kappa shape index (κ1) is 14.8. The number of carbonyl (C=O) groups is 1. The second-order valence-corrected chi connectivity index (χ2v) is 5.02. The molecule has 1 N–H and O–H groups in total. The van der Waals surface area contributed by atoms with Gasteiger partial charge in [0, 0.05) is 6.04 Å². The lowest BCUT2D eigenvalue weighted by atomic mass is 10.0. The highest BCUT2D eigenvalue weighted by atomic mass is 16.1. The maximum atomic E-state index is 12.1. The minimum absolute atomic E-state index is 0.0572. The van der Waals surface area contributed by atoms with Gasteiger partial charge in [0.2, 0.25) is 0 Å². The van der Waals surface area contributed by atoms with Crippen LogP contribution in [0.5, 0.6) is 0 Å². The van der Waals surface area contributed by atoms with Crippen molar-refractivity contribution in [2.75, 3.05) is 0 Å². The minimum Gasteiger partial charge on any atom is -0.349 e. The van der Waals surface area contributed by atoms with Crippen LogP contribution in [0.2, 0.25) is 0 Å². The molecule has 2 aromatic carbocycles. The molecule has 0 spiro atoms. The van der Waals surface area contributed by atoms with Gasteiger partial charge in [-0.2, -0.15) is 5.26 Å². The number of amides is 1. The van der Waals surface area contributed by atoms with Crippen molar-refractivity contribution in [2.45, 2.75) is 26.3 Å². The van der Waals surface area contributed by atoms with Crippen molar-refractivity contribution in [3.8, 4) is 6.07 Å². The van der Waals surface area contributed by atoms with E-state index in [0.717, 1.165) is 22.8 Å². The third kappa shape index (κ3) is 3.49. The van der Waals surface area contributed by atoms with Crippen molar-refractivity contribution in [1.82, 2.24) is 5.32 Å². The topological polar surface area (TPSA) is 52.9 Å². The average molecular weight is 278 g/mol. The Labute approximate surface area is 124 Å². The van der Waals surface area contributed by atoms with Gasteiger partial charge in [-0.25, -0.2) is 0 Å². The zero-order chi connectivity index (χ0) is 15.2. The second-order valence-electron chi connectivity index (χ2n) is 5.02. The molecule has 1 atom stereocenters. The molecule has 21 heavy (non-hydrogen) atoms. The first-order valence-electron chi connectivity index (χ1n) is 7.06. The predicted octanol–water partition coefficient (Wildman–Crippen LogP) is 3.66. The molecule has 1 amide bonds. The van der Waals surface area contributed by atoms with Gasteiger partial charge < -0.3 is 5.32 Å². The van der Waals surface area contributed by atoms with Crippen molar-refractivity contribution in [1.29, 1.82) is 5.26 Å². The number of hydrogen-bond acceptors (Lipinski definition) is 2. The van der Waals surface area contributed by atoms with Gasteiger partial charge >= 0.3 is 0 Å². The lowest BCUT2D eigenvalue weighted by Gasteiger charge is -2.10. The van der Waals surface area contributed by atoms with Gasteiger partial charge in [-0.3, -0.25) is 4.79 Å². The van der Waals surface area contributed by atoms with Crippen LogP contribution in [-0.4, -0.2) is 11.9 Å². The largest absolute Gasteiger partial charge is 0.349 e. The third-order valence-electron chi connectivity index (χ3n) is 3.48. The van der Waals surface area contributed by atoms with Gasteiger partial charge in [-0.05, 0) is 35.8 Å². The van der Waals surface area contributed by atoms with E-state index in [1.165, 1.54) is 0 Å². The summed E-state index contributed by atoms with van der Waals surface area (Å²) in [5, 5.41) is 14.2. The van der Waals surface area contributed by atoms with E-state index in [1.807, 2.05) is 62.4 Å². The van der Waals surface area contributed by atoms with Gasteiger partial charge in [-0.15, -0.1) is 0 Å². The highest BCUT2D eigenvalue weighted by Crippen LogP contribution is 2.20. The van der Waals surface area contributed by atoms with Crippen LogP contribution in [0.4, 0.5) is 0 Å². The molecular weight excluding hydrogens is 260 g/mol. The summed E-state index contributed by atoms with van der Waals surface area (Å²) in [6.45, 7) is 3.91. The van der Waals surface area contributed by atoms with Crippen LogP contribution in [0.1, 0.15) is 25.8 Å². The first-order chi connectivity index (χ1) is 10.2. The standard InChI is InChI=1S/C18H18N2O/c1-3-13(2)20-18(21)16(12-19)11-15-9-6-8-14-7-4-5-10-17(14)15/h4-11,13H,3H2,1-2H3,(H,20,21)/b16-11+/t13-/m0/s1. The number of nitrogens with one attached hydrogen (secondary N) is 1. The Morgan fingerprint density at radius 1 is 1.29 bits per heavy atom. The van der Waals surface area contributed by atoms with Crippen LogP contribution in [0, 0.1) is 11.3 Å². The molecule has 0 bridgehead atoms. The molecule has 0 fully saturated rings. The zero-order valence-corrected chi connectivity index (χ0v) is 12.3. The molecule has 3 nitrogen and oxygen atoms in total. The van der Waals surface area contributed by atoms with Crippen LogP contribution in [-0.2, 0) is 4.79 Å². The summed E-state index contributed by atoms with van der Waals surface area (Å²) in [7, 11) is 0. The van der Waals surface area contributed by atoms with Crippen molar-refractivity contribution < 1.29 is 4.79 Å². The minimum atomic E-state index is -0.320. The molecule has 2 aromatic rings. The van der Waals surface area contributed by atoms with E-state index in [9.17, 15) is 10.1 Å². The molecule has 0 radical (unpaired) electrons. The van der Waals surface area contributed by atoms with Gasteiger partial charge in [0.1, 0.15) is 11.6 Å². The van der Waals surface area contributed by atoms with E-state index >= 15 is 0 Å². The molecule has 0 saturated heterocycles. The van der Waals surface area contributed by atoms with Gasteiger partial charge in [0.15, 0.2) is 0 Å². The number of nitrogens with zero attached hydrogens (tertiary/aromatic N) is 1. The molecule has 0 aliphatic heterocycles. The normalized spacial score (nSPS) is 12.7. The van der Waals surface area contributed by atoms with Crippen molar-refractivity contribution in [2.24, 2.45) is 0 Å². The Hall–Kier alpha value is -2.60. The lowest BCUT2D eigenvalue weighted by molar-refractivity contribution is -0.117. The van der Waals surface area contributed by atoms with Crippen LogP contribution >= 0.6 is 0 Å². The number of hydrogen-bond donors (Lipinski definition) is 1. The van der Waals surface area contributed by atoms with E-state index in [-0.39, 0.29) is 17.5 Å². The van der Waals surface area contributed by atoms with Crippen molar-refractivity contribution in [3.05, 3.63) is 53.6 Å². The second kappa shape index (κ2) is 6.71. The zero-order valence-electron chi connectivity index (χ0n) is 12.3. The van der Waals surface area contributed by atoms with E-state index in [4.69, 9.17) is 0 Å². The highest BCUT2D eigenvalue weighted by molar-refractivity contribution is 6.04. The first-order valence-corrected chi connectivity index (χ1v) is 7.06. The van der Waals surface area contributed by atoms with E-state index in [0.29, 0.717) is 0 Å². The Balaban J connectivity index is 2.39. The SMILES string of the molecule is CC[C@H](C)NC(=O)/C(C#N)=C/c1cccc2ccccc12. The Kier molecular flexibility index (Phi) is 4.73. The molecule has 0 aliphatic rings. The summed E-state index contributed by atoms with van der Waals surface area (Å²) in [5.74, 6) is -0.320. The monoisotopic (exact) mass is 278 g/mol. The van der Waals surface area contributed by atoms with E-state index in [1.54, 1.807) is 6.08 Å². The summed E-state index contributed by atoms with van der Waals surface area (Å²) in [6, 6.07) is 15.8. The molecule has 0 aliphatic carbocycles. The molecule has 0 heterocycles. The molecule has 106 valence electrons. The fourth-order valence-corrected chi connectivity index (χ4v) is 2.08. The van der Waals surface area contributed by atoms with Gasteiger partial charge in [0.05, 0.1) is 0 Å². The Morgan fingerprint density at radius 2 is 2.00 bits per heavy atom. The van der Waals surface area contributed by atoms with Crippen LogP contribution < -0.4 is 5.32 Å². The van der Waals surface area contributed by atoms with E-state index < -0.39 is 0 Å². The summed E-state index contributed by atoms with van der Waals surface area (Å²) >= 11 is 0. The van der Waals surface area contributed by atoms with Crippen LogP contribution in [0.15, 0.2) is 48.0 Å². The number of carbonyl (C=O) groups excluding carboxylic acids is 1.